The Morgan fingerprint density at radius 1 is 1.18 bits per heavy atom. The Balaban J connectivity index is 0.000000437. The van der Waals surface area contributed by atoms with Gasteiger partial charge in [-0.25, -0.2) is 0 Å². The fraction of sp³-hybridized carbons (Fsp3) is 0.400. The highest BCUT2D eigenvalue weighted by Crippen LogP contribution is 2.25. The summed E-state index contributed by atoms with van der Waals surface area (Å²) in [6.07, 6.45) is 0. The molecule has 1 aromatic carbocycles. The van der Waals surface area contributed by atoms with E-state index in [9.17, 15) is 8.42 Å². The first kappa shape index (κ1) is 15.7. The molecule has 17 heavy (non-hydrogen) atoms. The quantitative estimate of drug-likeness (QED) is 0.478. The van der Waals surface area contributed by atoms with Crippen molar-refractivity contribution in [3.8, 4) is 11.5 Å². The van der Waals surface area contributed by atoms with Crippen molar-refractivity contribution in [1.29, 1.82) is 0 Å². The van der Waals surface area contributed by atoms with Crippen molar-refractivity contribution < 1.29 is 23.2 Å². The zero-order valence-electron chi connectivity index (χ0n) is 9.71. The predicted octanol–water partition coefficient (Wildman–Crippen LogP) is 0.960. The lowest BCUT2D eigenvalue weighted by molar-refractivity contribution is 0.433. The summed E-state index contributed by atoms with van der Waals surface area (Å²) in [5.74, 6) is -0.948. The van der Waals surface area contributed by atoms with Gasteiger partial charge in [-0.15, -0.1) is 0 Å². The van der Waals surface area contributed by atoms with Crippen LogP contribution in [-0.4, -0.2) is 36.3 Å². The molecule has 0 unspecified atom stereocenters. The molecular weight excluding hydrogens is 246 g/mol. The highest BCUT2D eigenvalue weighted by Gasteiger charge is 2.15. The van der Waals surface area contributed by atoms with Gasteiger partial charge in [0.25, 0.3) is 10.1 Å². The van der Waals surface area contributed by atoms with Gasteiger partial charge < -0.3 is 15.5 Å². The van der Waals surface area contributed by atoms with Crippen LogP contribution in [0.2, 0.25) is 0 Å². The second kappa shape index (κ2) is 7.10. The minimum Gasteiger partial charge on any atom is -0.508 e. The highest BCUT2D eigenvalue weighted by atomic mass is 32.2. The van der Waals surface area contributed by atoms with E-state index in [1.165, 1.54) is 0 Å². The number of aromatic hydroxyl groups is 2. The van der Waals surface area contributed by atoms with E-state index in [4.69, 9.17) is 14.8 Å². The Labute approximate surface area is 101 Å². The highest BCUT2D eigenvalue weighted by molar-refractivity contribution is 7.86. The van der Waals surface area contributed by atoms with Gasteiger partial charge in [0.2, 0.25) is 0 Å². The molecule has 0 aliphatic heterocycles. The SMILES string of the molecule is CCNCC.O=S(=O)(O)c1cc(O)ccc1O. The average Bonchev–Trinajstić information content (AvgIpc) is 2.22. The Morgan fingerprint density at radius 2 is 1.71 bits per heavy atom. The monoisotopic (exact) mass is 263 g/mol. The number of phenols is 2. The molecule has 0 atom stereocenters. The van der Waals surface area contributed by atoms with Crippen LogP contribution in [-0.2, 0) is 10.1 Å². The van der Waals surface area contributed by atoms with Crippen LogP contribution in [0, 0.1) is 0 Å². The lowest BCUT2D eigenvalue weighted by Crippen LogP contribution is -2.09. The number of phenolic OH excluding ortho intramolecular Hbond substituents is 2. The molecule has 0 aromatic heterocycles. The summed E-state index contributed by atoms with van der Waals surface area (Å²) >= 11 is 0. The van der Waals surface area contributed by atoms with Crippen molar-refractivity contribution in [2.45, 2.75) is 18.7 Å². The van der Waals surface area contributed by atoms with Crippen LogP contribution in [0.4, 0.5) is 0 Å². The number of hydrogen-bond acceptors (Lipinski definition) is 5. The smallest absolute Gasteiger partial charge is 0.298 e. The topological polar surface area (TPSA) is 107 Å². The molecule has 6 nitrogen and oxygen atoms in total. The van der Waals surface area contributed by atoms with Gasteiger partial charge in [0.15, 0.2) is 0 Å². The number of hydrogen-bond donors (Lipinski definition) is 4. The average molecular weight is 263 g/mol. The molecule has 0 radical (unpaired) electrons. The first-order valence-corrected chi connectivity index (χ1v) is 6.47. The lowest BCUT2D eigenvalue weighted by atomic mass is 10.3. The molecule has 0 saturated heterocycles. The van der Waals surface area contributed by atoms with Gasteiger partial charge in [-0.3, -0.25) is 4.55 Å². The Hall–Kier alpha value is -1.31. The molecule has 0 fully saturated rings. The fourth-order valence-electron chi connectivity index (χ4n) is 0.959. The van der Waals surface area contributed by atoms with Crippen molar-refractivity contribution in [2.75, 3.05) is 13.1 Å². The molecule has 0 bridgehead atoms. The molecule has 7 heteroatoms. The van der Waals surface area contributed by atoms with Gasteiger partial charge in [0, 0.05) is 6.07 Å². The summed E-state index contributed by atoms with van der Waals surface area (Å²) in [5, 5.41) is 20.8. The van der Waals surface area contributed by atoms with Gasteiger partial charge in [-0.2, -0.15) is 8.42 Å². The van der Waals surface area contributed by atoms with Crippen LogP contribution in [0.25, 0.3) is 0 Å². The van der Waals surface area contributed by atoms with Gasteiger partial charge in [0.1, 0.15) is 16.4 Å². The molecule has 0 aliphatic carbocycles. The third-order valence-corrected chi connectivity index (χ3v) is 2.60. The van der Waals surface area contributed by atoms with Crippen LogP contribution < -0.4 is 5.32 Å². The lowest BCUT2D eigenvalue weighted by Gasteiger charge is -2.00. The van der Waals surface area contributed by atoms with E-state index in [-0.39, 0.29) is 5.75 Å². The Bertz CT molecular complexity index is 442. The molecule has 4 N–H and O–H groups in total. The van der Waals surface area contributed by atoms with Crippen molar-refractivity contribution in [3.63, 3.8) is 0 Å². The van der Waals surface area contributed by atoms with Crippen LogP contribution in [0.5, 0.6) is 11.5 Å². The third kappa shape index (κ3) is 6.10. The van der Waals surface area contributed by atoms with E-state index in [1.54, 1.807) is 0 Å². The summed E-state index contributed by atoms with van der Waals surface area (Å²) in [7, 11) is -4.47. The van der Waals surface area contributed by atoms with E-state index in [1.807, 2.05) is 0 Å². The zero-order valence-corrected chi connectivity index (χ0v) is 10.5. The number of benzene rings is 1. The maximum Gasteiger partial charge on any atom is 0.298 e. The molecule has 0 amide bonds. The van der Waals surface area contributed by atoms with Crippen molar-refractivity contribution in [3.05, 3.63) is 18.2 Å². The normalized spacial score (nSPS) is 10.5. The van der Waals surface area contributed by atoms with E-state index >= 15 is 0 Å². The predicted molar refractivity (Wildman–Crippen MR) is 63.8 cm³/mol. The van der Waals surface area contributed by atoms with Gasteiger partial charge >= 0.3 is 0 Å². The first-order chi connectivity index (χ1) is 7.82. The zero-order chi connectivity index (χ0) is 13.5. The molecule has 1 rings (SSSR count). The van der Waals surface area contributed by atoms with Crippen LogP contribution in [0.15, 0.2) is 23.1 Å². The number of nitrogens with one attached hydrogen (secondary N) is 1. The summed E-state index contributed by atoms with van der Waals surface area (Å²) in [5.41, 5.74) is 0. The van der Waals surface area contributed by atoms with E-state index in [0.29, 0.717) is 0 Å². The first-order valence-electron chi connectivity index (χ1n) is 5.03. The number of rotatable bonds is 3. The largest absolute Gasteiger partial charge is 0.508 e. The Morgan fingerprint density at radius 3 is 2.00 bits per heavy atom. The van der Waals surface area contributed by atoms with Crippen molar-refractivity contribution >= 4 is 10.1 Å². The molecule has 0 spiro atoms. The van der Waals surface area contributed by atoms with Crippen LogP contribution in [0.3, 0.4) is 0 Å². The van der Waals surface area contributed by atoms with Gasteiger partial charge in [-0.1, -0.05) is 13.8 Å². The van der Waals surface area contributed by atoms with Crippen LogP contribution in [0.1, 0.15) is 13.8 Å². The molecule has 0 saturated carbocycles. The second-order valence-corrected chi connectivity index (χ2v) is 4.47. The molecule has 0 heterocycles. The minimum atomic E-state index is -4.47. The minimum absolute atomic E-state index is 0.347. The molecule has 98 valence electrons. The molecule has 1 aromatic rings. The summed E-state index contributed by atoms with van der Waals surface area (Å²) in [6.45, 7) is 6.39. The van der Waals surface area contributed by atoms with Crippen LogP contribution >= 0.6 is 0 Å². The molecular formula is C10H17NO5S. The summed E-state index contributed by atoms with van der Waals surface area (Å²) in [6, 6.07) is 2.83. The van der Waals surface area contributed by atoms with Crippen molar-refractivity contribution in [2.24, 2.45) is 0 Å². The van der Waals surface area contributed by atoms with E-state index in [0.717, 1.165) is 31.3 Å². The van der Waals surface area contributed by atoms with Gasteiger partial charge in [-0.05, 0) is 25.2 Å². The second-order valence-electron chi connectivity index (χ2n) is 3.08. The maximum absolute atomic E-state index is 10.5. The van der Waals surface area contributed by atoms with Crippen molar-refractivity contribution in [1.82, 2.24) is 5.32 Å². The fourth-order valence-corrected chi connectivity index (χ4v) is 1.56. The summed E-state index contributed by atoms with van der Waals surface area (Å²) in [4.78, 5) is -0.706. The standard InChI is InChI=1S/C6H6O5S.C4H11N/c7-4-1-2-5(8)6(3-4)12(9,10)11;1-3-5-4-2/h1-3,7-8H,(H,9,10,11);5H,3-4H2,1-2H3. The Kier molecular flexibility index (Phi) is 6.55. The van der Waals surface area contributed by atoms with Gasteiger partial charge in [0.05, 0.1) is 0 Å². The third-order valence-electron chi connectivity index (χ3n) is 1.72. The van der Waals surface area contributed by atoms with E-state index in [2.05, 4.69) is 19.2 Å². The summed E-state index contributed by atoms with van der Waals surface area (Å²) < 4.78 is 29.5. The van der Waals surface area contributed by atoms with E-state index < -0.39 is 20.8 Å². The maximum atomic E-state index is 10.5. The molecule has 0 aliphatic rings.